The molecule has 0 bridgehead atoms. The summed E-state index contributed by atoms with van der Waals surface area (Å²) in [6.07, 6.45) is 0. The van der Waals surface area contributed by atoms with Gasteiger partial charge in [0.15, 0.2) is 0 Å². The Balaban J connectivity index is 1.22. The maximum absolute atomic E-state index is 5.95. The van der Waals surface area contributed by atoms with Crippen molar-refractivity contribution in [3.8, 4) is 10.8 Å². The van der Waals surface area contributed by atoms with Gasteiger partial charge in [-0.2, -0.15) is 0 Å². The third-order valence-corrected chi connectivity index (χ3v) is 6.62. The maximum Gasteiger partial charge on any atom is 0.257 e. The van der Waals surface area contributed by atoms with Crippen molar-refractivity contribution in [1.82, 2.24) is 20.0 Å². The van der Waals surface area contributed by atoms with Crippen LogP contribution in [0.2, 0.25) is 0 Å². The van der Waals surface area contributed by atoms with Gasteiger partial charge in [0, 0.05) is 32.7 Å². The largest absolute Gasteiger partial charge is 0.418 e. The van der Waals surface area contributed by atoms with Gasteiger partial charge in [-0.3, -0.25) is 9.80 Å². The summed E-state index contributed by atoms with van der Waals surface area (Å²) in [5.74, 6) is 1.33. The molecule has 0 unspecified atom stereocenters. The van der Waals surface area contributed by atoms with E-state index in [1.54, 1.807) is 11.3 Å². The fourth-order valence-corrected chi connectivity index (χ4v) is 4.68. The Morgan fingerprint density at radius 1 is 0.966 bits per heavy atom. The molecule has 5 nitrogen and oxygen atoms in total. The van der Waals surface area contributed by atoms with Crippen LogP contribution in [0.4, 0.5) is 0 Å². The van der Waals surface area contributed by atoms with Crippen LogP contribution in [0.15, 0.2) is 64.4 Å². The Bertz CT molecular complexity index is 1080. The number of hydrogen-bond acceptors (Lipinski definition) is 6. The van der Waals surface area contributed by atoms with E-state index in [1.807, 2.05) is 17.5 Å². The van der Waals surface area contributed by atoms with Crippen LogP contribution in [0.5, 0.6) is 0 Å². The van der Waals surface area contributed by atoms with Gasteiger partial charge in [0.2, 0.25) is 5.89 Å². The van der Waals surface area contributed by atoms with E-state index in [9.17, 15) is 0 Å². The van der Waals surface area contributed by atoms with E-state index in [1.165, 1.54) is 16.3 Å². The van der Waals surface area contributed by atoms with Crippen molar-refractivity contribution in [1.29, 1.82) is 0 Å². The molecule has 29 heavy (non-hydrogen) atoms. The lowest BCUT2D eigenvalue weighted by atomic mass is 10.0. The molecule has 0 spiro atoms. The van der Waals surface area contributed by atoms with Crippen LogP contribution in [0.3, 0.4) is 0 Å². The summed E-state index contributed by atoms with van der Waals surface area (Å²) in [7, 11) is 0. The van der Waals surface area contributed by atoms with Gasteiger partial charge in [-0.05, 0) is 34.7 Å². The molecule has 1 atom stereocenters. The van der Waals surface area contributed by atoms with Crippen LogP contribution in [0, 0.1) is 0 Å². The smallest absolute Gasteiger partial charge is 0.257 e. The Labute approximate surface area is 174 Å². The number of rotatable bonds is 5. The van der Waals surface area contributed by atoms with Crippen LogP contribution in [-0.4, -0.2) is 46.2 Å². The normalized spacial score (nSPS) is 17.0. The first-order valence-electron chi connectivity index (χ1n) is 10.1. The number of aromatic nitrogens is 2. The lowest BCUT2D eigenvalue weighted by Crippen LogP contribution is -2.46. The molecule has 1 aliphatic heterocycles. The van der Waals surface area contributed by atoms with Crippen molar-refractivity contribution in [2.75, 3.05) is 26.2 Å². The quantitative estimate of drug-likeness (QED) is 0.477. The predicted molar refractivity (Wildman–Crippen MR) is 117 cm³/mol. The lowest BCUT2D eigenvalue weighted by Gasteiger charge is -2.37. The molecule has 3 heterocycles. The second-order valence-electron chi connectivity index (χ2n) is 7.55. The summed E-state index contributed by atoms with van der Waals surface area (Å²) >= 11 is 1.62. The van der Waals surface area contributed by atoms with Crippen molar-refractivity contribution in [2.24, 2.45) is 0 Å². The molecule has 1 fully saturated rings. The highest BCUT2D eigenvalue weighted by Crippen LogP contribution is 2.28. The molecule has 1 aliphatic rings. The van der Waals surface area contributed by atoms with Crippen molar-refractivity contribution in [3.05, 3.63) is 71.4 Å². The molecule has 6 heteroatoms. The molecular weight excluding hydrogens is 380 g/mol. The minimum absolute atomic E-state index is 0.135. The number of nitrogens with zero attached hydrogens (tertiary/aromatic N) is 4. The van der Waals surface area contributed by atoms with Gasteiger partial charge in [-0.25, -0.2) is 0 Å². The molecule has 0 saturated carbocycles. The van der Waals surface area contributed by atoms with Gasteiger partial charge >= 0.3 is 0 Å². The summed E-state index contributed by atoms with van der Waals surface area (Å²) in [5.41, 5.74) is 1.40. The van der Waals surface area contributed by atoms with E-state index < -0.39 is 0 Å². The first-order chi connectivity index (χ1) is 14.3. The highest BCUT2D eigenvalue weighted by Gasteiger charge is 2.26. The summed E-state index contributed by atoms with van der Waals surface area (Å²) in [6.45, 7) is 7.24. The molecule has 2 aromatic heterocycles. The lowest BCUT2D eigenvalue weighted by molar-refractivity contribution is 0.0878. The van der Waals surface area contributed by atoms with Crippen molar-refractivity contribution < 1.29 is 4.42 Å². The van der Waals surface area contributed by atoms with Crippen LogP contribution in [0.1, 0.15) is 24.4 Å². The molecule has 0 aliphatic carbocycles. The first-order valence-corrected chi connectivity index (χ1v) is 11.0. The zero-order valence-electron chi connectivity index (χ0n) is 16.5. The van der Waals surface area contributed by atoms with Gasteiger partial charge in [0.25, 0.3) is 5.89 Å². The summed E-state index contributed by atoms with van der Waals surface area (Å²) < 4.78 is 5.95. The van der Waals surface area contributed by atoms with Gasteiger partial charge in [0.1, 0.15) is 0 Å². The number of benzene rings is 2. The summed E-state index contributed by atoms with van der Waals surface area (Å²) in [5, 5.41) is 13.2. The number of hydrogen-bond donors (Lipinski definition) is 0. The van der Waals surface area contributed by atoms with Crippen molar-refractivity contribution >= 4 is 22.1 Å². The fraction of sp³-hybridized carbons (Fsp3) is 0.304. The molecular formula is C23H24N4OS. The first kappa shape index (κ1) is 18.5. The van der Waals surface area contributed by atoms with Gasteiger partial charge in [-0.15, -0.1) is 21.5 Å². The number of fused-ring (bicyclic) bond motifs is 1. The van der Waals surface area contributed by atoms with Crippen LogP contribution in [0.25, 0.3) is 21.5 Å². The van der Waals surface area contributed by atoms with Crippen LogP contribution in [-0.2, 0) is 6.54 Å². The summed E-state index contributed by atoms with van der Waals surface area (Å²) in [4.78, 5) is 6.00. The monoisotopic (exact) mass is 404 g/mol. The third-order valence-electron chi connectivity index (χ3n) is 5.76. The Morgan fingerprint density at radius 2 is 1.79 bits per heavy atom. The van der Waals surface area contributed by atoms with Gasteiger partial charge < -0.3 is 4.42 Å². The van der Waals surface area contributed by atoms with E-state index in [4.69, 9.17) is 4.42 Å². The molecule has 148 valence electrons. The van der Waals surface area contributed by atoms with Crippen molar-refractivity contribution in [2.45, 2.75) is 19.5 Å². The molecule has 0 amide bonds. The minimum Gasteiger partial charge on any atom is -0.418 e. The summed E-state index contributed by atoms with van der Waals surface area (Å²) in [6, 6.07) is 19.4. The Hall–Kier alpha value is -2.54. The Morgan fingerprint density at radius 3 is 2.62 bits per heavy atom. The zero-order valence-corrected chi connectivity index (χ0v) is 17.3. The maximum atomic E-state index is 5.95. The molecule has 0 radical (unpaired) electrons. The zero-order chi connectivity index (χ0) is 19.6. The van der Waals surface area contributed by atoms with Crippen LogP contribution >= 0.6 is 11.3 Å². The molecule has 5 rings (SSSR count). The minimum atomic E-state index is 0.135. The second-order valence-corrected chi connectivity index (χ2v) is 8.50. The fourth-order valence-electron chi connectivity index (χ4n) is 4.04. The van der Waals surface area contributed by atoms with Crippen LogP contribution < -0.4 is 0 Å². The average molecular weight is 405 g/mol. The van der Waals surface area contributed by atoms with Crippen molar-refractivity contribution in [3.63, 3.8) is 0 Å². The van der Waals surface area contributed by atoms with E-state index in [2.05, 4.69) is 69.4 Å². The standard InChI is InChI=1S/C23H24N4OS/c1-17(22-24-25-23(28-22)21-10-5-15-29-21)27-13-11-26(12-14-27)16-19-8-4-7-18-6-2-3-9-20(18)19/h2-10,15,17H,11-14,16H2,1H3/t17-/m0/s1. The molecule has 2 aromatic carbocycles. The number of thiophene rings is 1. The Kier molecular flexibility index (Phi) is 5.14. The third kappa shape index (κ3) is 3.83. The molecule has 1 saturated heterocycles. The average Bonchev–Trinajstić information content (AvgIpc) is 3.46. The van der Waals surface area contributed by atoms with E-state index in [-0.39, 0.29) is 6.04 Å². The molecule has 0 N–H and O–H groups in total. The van der Waals surface area contributed by atoms with Gasteiger partial charge in [-0.1, -0.05) is 48.5 Å². The van der Waals surface area contributed by atoms with E-state index in [0.29, 0.717) is 11.8 Å². The second kappa shape index (κ2) is 8.06. The SMILES string of the molecule is C[C@@H](c1nnc(-c2cccs2)o1)N1CCN(Cc2cccc3ccccc23)CC1. The highest BCUT2D eigenvalue weighted by molar-refractivity contribution is 7.13. The van der Waals surface area contributed by atoms with E-state index in [0.717, 1.165) is 37.6 Å². The predicted octanol–water partition coefficient (Wildman–Crippen LogP) is 4.83. The molecule has 4 aromatic rings. The number of piperazine rings is 1. The van der Waals surface area contributed by atoms with E-state index >= 15 is 0 Å². The highest BCUT2D eigenvalue weighted by atomic mass is 32.1. The topological polar surface area (TPSA) is 45.4 Å². The van der Waals surface area contributed by atoms with Gasteiger partial charge in [0.05, 0.1) is 10.9 Å².